The van der Waals surface area contributed by atoms with Crippen molar-refractivity contribution in [2.24, 2.45) is 5.92 Å². The second-order valence-corrected chi connectivity index (χ2v) is 11.0. The summed E-state index contributed by atoms with van der Waals surface area (Å²) in [6, 6.07) is 30.7. The van der Waals surface area contributed by atoms with Crippen LogP contribution in [0, 0.1) is 11.7 Å². The normalized spacial score (nSPS) is 11.9. The van der Waals surface area contributed by atoms with Crippen molar-refractivity contribution in [1.82, 2.24) is 9.88 Å². The third-order valence-corrected chi connectivity index (χ3v) is 7.39. The SMILES string of the molecule is COc1ccc(C(CC(=O)NCC(C)C)c2cn(Cc3ccc(F)cc3)c3ccccc23)cc1OCc1ccccc1. The van der Waals surface area contributed by atoms with Gasteiger partial charge in [0.1, 0.15) is 12.4 Å². The van der Waals surface area contributed by atoms with Crippen molar-refractivity contribution < 1.29 is 18.7 Å². The molecule has 1 aromatic heterocycles. The number of aromatic nitrogens is 1. The van der Waals surface area contributed by atoms with Crippen molar-refractivity contribution in [3.8, 4) is 11.5 Å². The number of methoxy groups -OCH3 is 1. The number of halogens is 1. The summed E-state index contributed by atoms with van der Waals surface area (Å²) in [6.07, 6.45) is 2.41. The van der Waals surface area contributed by atoms with Crippen molar-refractivity contribution in [2.75, 3.05) is 13.7 Å². The predicted octanol–water partition coefficient (Wildman–Crippen LogP) is 7.71. The Balaban J connectivity index is 1.55. The third kappa shape index (κ3) is 7.00. The van der Waals surface area contributed by atoms with E-state index in [9.17, 15) is 9.18 Å². The summed E-state index contributed by atoms with van der Waals surface area (Å²) in [5.74, 6) is 1.11. The number of nitrogens with one attached hydrogen (secondary N) is 1. The Morgan fingerprint density at radius 1 is 0.881 bits per heavy atom. The predicted molar refractivity (Wildman–Crippen MR) is 166 cm³/mol. The zero-order chi connectivity index (χ0) is 29.5. The molecule has 1 atom stereocenters. The molecule has 5 rings (SSSR count). The molecule has 0 bridgehead atoms. The van der Waals surface area contributed by atoms with Crippen LogP contribution in [0.5, 0.6) is 11.5 Å². The zero-order valence-electron chi connectivity index (χ0n) is 24.3. The highest BCUT2D eigenvalue weighted by atomic mass is 19.1. The zero-order valence-corrected chi connectivity index (χ0v) is 24.3. The van der Waals surface area contributed by atoms with Crippen molar-refractivity contribution in [3.05, 3.63) is 131 Å². The van der Waals surface area contributed by atoms with E-state index in [0.717, 1.165) is 33.2 Å². The van der Waals surface area contributed by atoms with Gasteiger partial charge in [0.05, 0.1) is 7.11 Å². The Morgan fingerprint density at radius 3 is 2.36 bits per heavy atom. The highest BCUT2D eigenvalue weighted by Crippen LogP contribution is 2.39. The van der Waals surface area contributed by atoms with Crippen molar-refractivity contribution in [2.45, 2.75) is 39.3 Å². The average molecular weight is 565 g/mol. The molecule has 0 aliphatic carbocycles. The number of rotatable bonds is 12. The lowest BCUT2D eigenvalue weighted by atomic mass is 9.87. The van der Waals surface area contributed by atoms with Crippen LogP contribution in [0.15, 0.2) is 103 Å². The maximum absolute atomic E-state index is 13.6. The van der Waals surface area contributed by atoms with E-state index in [1.807, 2.05) is 60.7 Å². The molecule has 42 heavy (non-hydrogen) atoms. The number of para-hydroxylation sites is 1. The van der Waals surface area contributed by atoms with E-state index in [4.69, 9.17) is 9.47 Å². The molecular formula is C36H37FN2O3. The minimum Gasteiger partial charge on any atom is -0.493 e. The fourth-order valence-electron chi connectivity index (χ4n) is 5.21. The molecule has 0 aliphatic heterocycles. The Kier molecular flexibility index (Phi) is 9.22. The standard InChI is InChI=1S/C36H37FN2O3/c1-25(2)21-38-36(40)20-31(28-15-18-34(41-3)35(19-28)42-24-27-9-5-4-6-10-27)32-23-39(33-12-8-7-11-30(32)33)22-26-13-16-29(37)17-14-26/h4-19,23,25,31H,20-22,24H2,1-3H3,(H,38,40). The van der Waals surface area contributed by atoms with Crippen LogP contribution < -0.4 is 14.8 Å². The summed E-state index contributed by atoms with van der Waals surface area (Å²) in [5, 5.41) is 4.17. The molecule has 0 aliphatic rings. The van der Waals surface area contributed by atoms with Crippen LogP contribution in [0.25, 0.3) is 10.9 Å². The van der Waals surface area contributed by atoms with Crippen LogP contribution in [0.2, 0.25) is 0 Å². The summed E-state index contributed by atoms with van der Waals surface area (Å²) in [5.41, 5.74) is 5.11. The first-order valence-corrected chi connectivity index (χ1v) is 14.3. The minimum absolute atomic E-state index is 0.00774. The van der Waals surface area contributed by atoms with E-state index < -0.39 is 0 Å². The first-order valence-electron chi connectivity index (χ1n) is 14.3. The van der Waals surface area contributed by atoms with Gasteiger partial charge in [-0.05, 0) is 58.5 Å². The quantitative estimate of drug-likeness (QED) is 0.169. The number of amides is 1. The minimum atomic E-state index is -0.255. The molecule has 0 saturated carbocycles. The van der Waals surface area contributed by atoms with Gasteiger partial charge < -0.3 is 19.4 Å². The summed E-state index contributed by atoms with van der Waals surface area (Å²) in [6.45, 7) is 5.77. The van der Waals surface area contributed by atoms with E-state index in [1.165, 1.54) is 12.1 Å². The highest BCUT2D eigenvalue weighted by Gasteiger charge is 2.24. The van der Waals surface area contributed by atoms with Crippen molar-refractivity contribution >= 4 is 16.8 Å². The van der Waals surface area contributed by atoms with Gasteiger partial charge in [0.15, 0.2) is 11.5 Å². The number of fused-ring (bicyclic) bond motifs is 1. The lowest BCUT2D eigenvalue weighted by molar-refractivity contribution is -0.121. The second-order valence-electron chi connectivity index (χ2n) is 11.0. The van der Waals surface area contributed by atoms with Gasteiger partial charge in [0.25, 0.3) is 0 Å². The number of hydrogen-bond donors (Lipinski definition) is 1. The number of nitrogens with zero attached hydrogens (tertiary/aromatic N) is 1. The first-order chi connectivity index (χ1) is 20.4. The molecule has 1 heterocycles. The maximum atomic E-state index is 13.6. The molecule has 0 fully saturated rings. The van der Waals surface area contributed by atoms with Crippen molar-refractivity contribution in [1.29, 1.82) is 0 Å². The Labute approximate surface area is 246 Å². The molecule has 1 unspecified atom stereocenters. The van der Waals surface area contributed by atoms with Gasteiger partial charge in [-0.25, -0.2) is 4.39 Å². The maximum Gasteiger partial charge on any atom is 0.220 e. The Bertz CT molecular complexity index is 1630. The van der Waals surface area contributed by atoms with E-state index in [1.54, 1.807) is 19.2 Å². The molecule has 216 valence electrons. The van der Waals surface area contributed by atoms with Gasteiger partial charge in [-0.3, -0.25) is 4.79 Å². The number of hydrogen-bond acceptors (Lipinski definition) is 3. The fraction of sp³-hybridized carbons (Fsp3) is 0.250. The lowest BCUT2D eigenvalue weighted by Gasteiger charge is -2.20. The lowest BCUT2D eigenvalue weighted by Crippen LogP contribution is -2.28. The van der Waals surface area contributed by atoms with Gasteiger partial charge in [-0.2, -0.15) is 0 Å². The number of carbonyl (C=O) groups excluding carboxylic acids is 1. The fourth-order valence-corrected chi connectivity index (χ4v) is 5.21. The molecule has 0 spiro atoms. The summed E-state index contributed by atoms with van der Waals surface area (Å²) in [4.78, 5) is 13.3. The number of benzene rings is 4. The van der Waals surface area contributed by atoms with Gasteiger partial charge >= 0.3 is 0 Å². The molecular weight excluding hydrogens is 527 g/mol. The smallest absolute Gasteiger partial charge is 0.220 e. The van der Waals surface area contributed by atoms with Gasteiger partial charge in [0, 0.05) is 42.5 Å². The molecule has 5 aromatic rings. The molecule has 1 N–H and O–H groups in total. The van der Waals surface area contributed by atoms with E-state index in [0.29, 0.717) is 37.1 Å². The first kappa shape index (κ1) is 28.9. The molecule has 6 heteroatoms. The summed E-state index contributed by atoms with van der Waals surface area (Å²) >= 11 is 0. The van der Waals surface area contributed by atoms with Crippen molar-refractivity contribution in [3.63, 3.8) is 0 Å². The van der Waals surface area contributed by atoms with E-state index in [2.05, 4.69) is 42.1 Å². The number of ether oxygens (including phenoxy) is 2. The molecule has 5 nitrogen and oxygen atoms in total. The largest absolute Gasteiger partial charge is 0.493 e. The van der Waals surface area contributed by atoms with E-state index >= 15 is 0 Å². The molecule has 0 radical (unpaired) electrons. The van der Waals surface area contributed by atoms with Gasteiger partial charge in [-0.15, -0.1) is 0 Å². The monoisotopic (exact) mass is 564 g/mol. The average Bonchev–Trinajstić information content (AvgIpc) is 3.37. The molecule has 0 saturated heterocycles. The summed E-state index contributed by atoms with van der Waals surface area (Å²) < 4.78 is 27.6. The molecule has 1 amide bonds. The topological polar surface area (TPSA) is 52.5 Å². The van der Waals surface area contributed by atoms with Crippen LogP contribution in [0.3, 0.4) is 0 Å². The van der Waals surface area contributed by atoms with E-state index in [-0.39, 0.29) is 24.1 Å². The molecule has 4 aromatic carbocycles. The Morgan fingerprint density at radius 2 is 1.62 bits per heavy atom. The Hall–Kier alpha value is -4.58. The second kappa shape index (κ2) is 13.4. The van der Waals surface area contributed by atoms with Gasteiger partial charge in [0.2, 0.25) is 5.91 Å². The van der Waals surface area contributed by atoms with Crippen LogP contribution in [0.1, 0.15) is 48.4 Å². The van der Waals surface area contributed by atoms with Gasteiger partial charge in [-0.1, -0.05) is 80.6 Å². The third-order valence-electron chi connectivity index (χ3n) is 7.39. The number of carbonyl (C=O) groups is 1. The van der Waals surface area contributed by atoms with Crippen LogP contribution in [-0.4, -0.2) is 24.1 Å². The van der Waals surface area contributed by atoms with Crippen LogP contribution >= 0.6 is 0 Å². The highest BCUT2D eigenvalue weighted by molar-refractivity contribution is 5.87. The summed E-state index contributed by atoms with van der Waals surface area (Å²) in [7, 11) is 1.63. The van der Waals surface area contributed by atoms with Crippen LogP contribution in [0.4, 0.5) is 4.39 Å². The van der Waals surface area contributed by atoms with Crippen LogP contribution in [-0.2, 0) is 17.9 Å².